The lowest BCUT2D eigenvalue weighted by molar-refractivity contribution is 0.0753. The summed E-state index contributed by atoms with van der Waals surface area (Å²) in [6, 6.07) is 8.53. The number of para-hydroxylation sites is 1. The molecule has 2 heterocycles. The molecule has 0 saturated carbocycles. The molecule has 18 heavy (non-hydrogen) atoms. The monoisotopic (exact) mass is 246 g/mol. The molecule has 0 spiro atoms. The molecule has 1 aliphatic heterocycles. The van der Waals surface area contributed by atoms with Crippen LogP contribution in [-0.2, 0) is 4.74 Å². The Bertz CT molecular complexity index is 503. The summed E-state index contributed by atoms with van der Waals surface area (Å²) in [7, 11) is 0. The van der Waals surface area contributed by atoms with Crippen molar-refractivity contribution in [3.63, 3.8) is 0 Å². The summed E-state index contributed by atoms with van der Waals surface area (Å²) < 4.78 is 10.9. The quantitative estimate of drug-likeness (QED) is 0.868. The molecule has 0 radical (unpaired) electrons. The molecule has 0 bridgehead atoms. The average Bonchev–Trinajstić information content (AvgIpc) is 2.84. The van der Waals surface area contributed by atoms with E-state index in [-0.39, 0.29) is 0 Å². The largest absolute Gasteiger partial charge is 0.462 e. The second-order valence-corrected chi connectivity index (χ2v) is 4.59. The third-order valence-corrected chi connectivity index (χ3v) is 3.29. The van der Waals surface area contributed by atoms with Crippen molar-refractivity contribution in [1.29, 1.82) is 0 Å². The number of furan rings is 1. The van der Waals surface area contributed by atoms with Crippen LogP contribution >= 0.6 is 0 Å². The minimum atomic E-state index is 0.462. The zero-order chi connectivity index (χ0) is 12.2. The molecule has 2 aromatic rings. The Morgan fingerprint density at radius 1 is 1.33 bits per heavy atom. The summed E-state index contributed by atoms with van der Waals surface area (Å²) in [5, 5.41) is 8.02. The molecule has 1 unspecified atom stereocenters. The van der Waals surface area contributed by atoms with Crippen LogP contribution in [0.2, 0.25) is 0 Å². The predicted molar refractivity (Wildman–Crippen MR) is 71.9 cm³/mol. The Balaban J connectivity index is 1.56. The number of fused-ring (bicyclic) bond motifs is 1. The van der Waals surface area contributed by atoms with E-state index in [1.165, 1.54) is 0 Å². The van der Waals surface area contributed by atoms with Crippen molar-refractivity contribution >= 4 is 16.7 Å². The van der Waals surface area contributed by atoms with E-state index < -0.39 is 0 Å². The maximum Gasteiger partial charge on any atom is 0.136 e. The molecular formula is C14H18N2O2. The lowest BCUT2D eigenvalue weighted by Gasteiger charge is -2.23. The Morgan fingerprint density at radius 2 is 2.28 bits per heavy atom. The molecule has 1 aromatic heterocycles. The summed E-state index contributed by atoms with van der Waals surface area (Å²) >= 11 is 0. The van der Waals surface area contributed by atoms with Crippen molar-refractivity contribution in [3.05, 3.63) is 30.5 Å². The van der Waals surface area contributed by atoms with Crippen LogP contribution in [-0.4, -0.2) is 32.3 Å². The summed E-state index contributed by atoms with van der Waals surface area (Å²) in [5.74, 6) is 0. The minimum Gasteiger partial charge on any atom is -0.462 e. The molecule has 1 atom stereocenters. The average molecular weight is 246 g/mol. The molecule has 96 valence electrons. The topological polar surface area (TPSA) is 46.4 Å². The van der Waals surface area contributed by atoms with Gasteiger partial charge in [-0.05, 0) is 18.6 Å². The van der Waals surface area contributed by atoms with Gasteiger partial charge in [-0.1, -0.05) is 12.1 Å². The molecule has 1 aromatic carbocycles. The van der Waals surface area contributed by atoms with E-state index in [0.29, 0.717) is 6.04 Å². The van der Waals surface area contributed by atoms with Gasteiger partial charge in [-0.25, -0.2) is 0 Å². The fourth-order valence-corrected chi connectivity index (χ4v) is 2.30. The van der Waals surface area contributed by atoms with Crippen molar-refractivity contribution in [2.24, 2.45) is 0 Å². The second-order valence-electron chi connectivity index (χ2n) is 4.59. The van der Waals surface area contributed by atoms with Gasteiger partial charge in [0.05, 0.1) is 18.9 Å². The van der Waals surface area contributed by atoms with Crippen molar-refractivity contribution in [2.75, 3.05) is 31.6 Å². The number of nitrogens with one attached hydrogen (secondary N) is 2. The first-order valence-electron chi connectivity index (χ1n) is 6.45. The number of anilines is 1. The fraction of sp³-hybridized carbons (Fsp3) is 0.429. The Kier molecular flexibility index (Phi) is 3.48. The first-order chi connectivity index (χ1) is 8.93. The van der Waals surface area contributed by atoms with Crippen LogP contribution in [0.1, 0.15) is 6.42 Å². The van der Waals surface area contributed by atoms with Gasteiger partial charge in [-0.3, -0.25) is 0 Å². The summed E-state index contributed by atoms with van der Waals surface area (Å²) in [6.45, 7) is 3.52. The van der Waals surface area contributed by atoms with Crippen molar-refractivity contribution in [3.8, 4) is 0 Å². The standard InChI is InChI=1S/C14H18N2O2/c1-2-4-14-12(3-1)13(10-18-14)16-6-5-11-9-17-8-7-15-11/h1-4,10-11,15-16H,5-9H2. The zero-order valence-electron chi connectivity index (χ0n) is 10.3. The molecule has 2 N–H and O–H groups in total. The van der Waals surface area contributed by atoms with Gasteiger partial charge in [-0.2, -0.15) is 0 Å². The summed E-state index contributed by atoms with van der Waals surface area (Å²) in [4.78, 5) is 0. The molecule has 4 nitrogen and oxygen atoms in total. The highest BCUT2D eigenvalue weighted by atomic mass is 16.5. The van der Waals surface area contributed by atoms with Gasteiger partial charge in [0.25, 0.3) is 0 Å². The smallest absolute Gasteiger partial charge is 0.136 e. The Hall–Kier alpha value is -1.52. The maximum absolute atomic E-state index is 5.49. The fourth-order valence-electron chi connectivity index (χ4n) is 2.30. The van der Waals surface area contributed by atoms with Gasteiger partial charge in [0.2, 0.25) is 0 Å². The van der Waals surface area contributed by atoms with E-state index in [2.05, 4.69) is 16.7 Å². The predicted octanol–water partition coefficient (Wildman–Crippen LogP) is 2.22. The van der Waals surface area contributed by atoms with E-state index in [1.807, 2.05) is 18.2 Å². The van der Waals surface area contributed by atoms with Crippen molar-refractivity contribution in [2.45, 2.75) is 12.5 Å². The van der Waals surface area contributed by atoms with Gasteiger partial charge in [0.15, 0.2) is 0 Å². The lowest BCUT2D eigenvalue weighted by Crippen LogP contribution is -2.42. The zero-order valence-corrected chi connectivity index (χ0v) is 10.3. The van der Waals surface area contributed by atoms with Crippen LogP contribution < -0.4 is 10.6 Å². The number of ether oxygens (including phenoxy) is 1. The number of hydrogen-bond acceptors (Lipinski definition) is 4. The van der Waals surface area contributed by atoms with Gasteiger partial charge < -0.3 is 19.8 Å². The molecule has 0 aliphatic carbocycles. The van der Waals surface area contributed by atoms with E-state index >= 15 is 0 Å². The SMILES string of the molecule is c1ccc2c(NCCC3COCCN3)coc2c1. The van der Waals surface area contributed by atoms with Gasteiger partial charge in [0, 0.05) is 24.5 Å². The molecular weight excluding hydrogens is 228 g/mol. The number of hydrogen-bond donors (Lipinski definition) is 2. The van der Waals surface area contributed by atoms with Crippen LogP contribution in [0.4, 0.5) is 5.69 Å². The molecule has 3 rings (SSSR count). The van der Waals surface area contributed by atoms with Gasteiger partial charge in [-0.15, -0.1) is 0 Å². The van der Waals surface area contributed by atoms with E-state index in [9.17, 15) is 0 Å². The minimum absolute atomic E-state index is 0.462. The van der Waals surface area contributed by atoms with E-state index in [0.717, 1.165) is 49.4 Å². The highest BCUT2D eigenvalue weighted by Gasteiger charge is 2.12. The first kappa shape index (κ1) is 11.6. The van der Waals surface area contributed by atoms with Crippen LogP contribution in [0, 0.1) is 0 Å². The van der Waals surface area contributed by atoms with Crippen LogP contribution in [0.25, 0.3) is 11.0 Å². The number of morpholine rings is 1. The van der Waals surface area contributed by atoms with Gasteiger partial charge >= 0.3 is 0 Å². The first-order valence-corrected chi connectivity index (χ1v) is 6.45. The normalized spacial score (nSPS) is 20.1. The summed E-state index contributed by atoms with van der Waals surface area (Å²) in [5.41, 5.74) is 2.00. The van der Waals surface area contributed by atoms with Crippen LogP contribution in [0.15, 0.2) is 34.9 Å². The lowest BCUT2D eigenvalue weighted by atomic mass is 10.2. The van der Waals surface area contributed by atoms with Crippen LogP contribution in [0.3, 0.4) is 0 Å². The van der Waals surface area contributed by atoms with Crippen LogP contribution in [0.5, 0.6) is 0 Å². The highest BCUT2D eigenvalue weighted by Crippen LogP contribution is 2.25. The molecule has 1 aliphatic rings. The Morgan fingerprint density at radius 3 is 3.17 bits per heavy atom. The maximum atomic E-state index is 5.49. The molecule has 0 amide bonds. The Labute approximate surface area is 106 Å². The molecule has 1 saturated heterocycles. The second kappa shape index (κ2) is 5.42. The van der Waals surface area contributed by atoms with E-state index in [1.54, 1.807) is 6.26 Å². The molecule has 1 fully saturated rings. The molecule has 4 heteroatoms. The number of rotatable bonds is 4. The van der Waals surface area contributed by atoms with Crippen molar-refractivity contribution < 1.29 is 9.15 Å². The third kappa shape index (κ3) is 2.49. The third-order valence-electron chi connectivity index (χ3n) is 3.29. The summed E-state index contributed by atoms with van der Waals surface area (Å²) in [6.07, 6.45) is 2.84. The highest BCUT2D eigenvalue weighted by molar-refractivity contribution is 5.90. The van der Waals surface area contributed by atoms with Crippen molar-refractivity contribution in [1.82, 2.24) is 5.32 Å². The van der Waals surface area contributed by atoms with E-state index in [4.69, 9.17) is 9.15 Å². The van der Waals surface area contributed by atoms with Gasteiger partial charge in [0.1, 0.15) is 11.8 Å². The number of benzene rings is 1.